The molecule has 0 aromatic heterocycles. The van der Waals surface area contributed by atoms with E-state index in [0.717, 1.165) is 25.2 Å². The second-order valence-corrected chi connectivity index (χ2v) is 5.84. The zero-order valence-electron chi connectivity index (χ0n) is 11.1. The van der Waals surface area contributed by atoms with E-state index in [1.807, 2.05) is 0 Å². The molecule has 3 heteroatoms. The van der Waals surface area contributed by atoms with E-state index >= 15 is 0 Å². The lowest BCUT2D eigenvalue weighted by molar-refractivity contribution is -0.140. The highest BCUT2D eigenvalue weighted by Gasteiger charge is 2.27. The van der Waals surface area contributed by atoms with Crippen LogP contribution in [0.15, 0.2) is 24.3 Å². The summed E-state index contributed by atoms with van der Waals surface area (Å²) in [6.45, 7) is 0. The molecule has 1 aliphatic carbocycles. The number of rotatable bonds is 3. The number of carboxylic acid groups (broad SMARTS) is 1. The fourth-order valence-electron chi connectivity index (χ4n) is 3.14. The van der Waals surface area contributed by atoms with Gasteiger partial charge >= 0.3 is 5.97 Å². The van der Waals surface area contributed by atoms with E-state index in [1.54, 1.807) is 0 Å². The van der Waals surface area contributed by atoms with Crippen LogP contribution in [0.2, 0.25) is 0 Å². The van der Waals surface area contributed by atoms with Crippen LogP contribution in [-0.2, 0) is 4.79 Å². The van der Waals surface area contributed by atoms with E-state index in [9.17, 15) is 4.79 Å². The fourth-order valence-corrected chi connectivity index (χ4v) is 3.14. The summed E-state index contributed by atoms with van der Waals surface area (Å²) < 4.78 is 0. The maximum Gasteiger partial charge on any atom is 0.320 e. The van der Waals surface area contributed by atoms with Gasteiger partial charge in [0, 0.05) is 6.04 Å². The van der Waals surface area contributed by atoms with Crippen molar-refractivity contribution >= 4 is 5.97 Å². The molecule has 2 atom stereocenters. The molecule has 3 rings (SSSR count). The molecule has 2 aliphatic rings. The van der Waals surface area contributed by atoms with Crippen molar-refractivity contribution in [2.45, 2.75) is 56.5 Å². The van der Waals surface area contributed by atoms with Gasteiger partial charge in [-0.05, 0) is 49.1 Å². The smallest absolute Gasteiger partial charge is 0.320 e. The Bertz CT molecular complexity index is 450. The summed E-state index contributed by atoms with van der Waals surface area (Å²) >= 11 is 0. The van der Waals surface area contributed by atoms with Crippen molar-refractivity contribution in [3.05, 3.63) is 35.4 Å². The van der Waals surface area contributed by atoms with Gasteiger partial charge in [-0.2, -0.15) is 0 Å². The number of hydrogen-bond donors (Lipinski definition) is 2. The molecule has 1 saturated carbocycles. The van der Waals surface area contributed by atoms with Crippen LogP contribution in [0.4, 0.5) is 0 Å². The molecule has 0 amide bonds. The second kappa shape index (κ2) is 5.33. The minimum atomic E-state index is -0.726. The molecule has 0 radical (unpaired) electrons. The topological polar surface area (TPSA) is 49.3 Å². The Kier molecular flexibility index (Phi) is 3.56. The predicted molar refractivity (Wildman–Crippen MR) is 74.2 cm³/mol. The van der Waals surface area contributed by atoms with E-state index in [2.05, 4.69) is 29.6 Å². The number of piperidine rings is 1. The number of carboxylic acids is 1. The molecule has 102 valence electrons. The van der Waals surface area contributed by atoms with Gasteiger partial charge in [-0.25, -0.2) is 0 Å². The monoisotopic (exact) mass is 259 g/mol. The highest BCUT2D eigenvalue weighted by Crippen LogP contribution is 2.37. The Morgan fingerprint density at radius 2 is 1.63 bits per heavy atom. The molecule has 0 bridgehead atoms. The number of benzene rings is 1. The third-order valence-electron chi connectivity index (χ3n) is 4.60. The van der Waals surface area contributed by atoms with Crippen molar-refractivity contribution in [1.29, 1.82) is 0 Å². The molecule has 1 aromatic rings. The molecule has 1 aliphatic heterocycles. The second-order valence-electron chi connectivity index (χ2n) is 5.84. The standard InChI is InChI=1S/C16H21NO2/c18-16(19)15-6-2-5-14(17-15)13-9-7-12(8-10-13)11-3-1-4-11/h7-11,14-15,17H,1-6H2,(H,18,19). The lowest BCUT2D eigenvalue weighted by Crippen LogP contribution is -2.42. The van der Waals surface area contributed by atoms with E-state index in [1.165, 1.54) is 30.4 Å². The largest absolute Gasteiger partial charge is 0.480 e. The first-order valence-electron chi connectivity index (χ1n) is 7.33. The molecule has 2 N–H and O–H groups in total. The maximum atomic E-state index is 11.1. The third-order valence-corrected chi connectivity index (χ3v) is 4.60. The van der Waals surface area contributed by atoms with Gasteiger partial charge in [0.1, 0.15) is 6.04 Å². The van der Waals surface area contributed by atoms with Gasteiger partial charge < -0.3 is 5.11 Å². The number of aliphatic carboxylic acids is 1. The first kappa shape index (κ1) is 12.7. The molecule has 3 nitrogen and oxygen atoms in total. The summed E-state index contributed by atoms with van der Waals surface area (Å²) in [6.07, 6.45) is 6.76. The summed E-state index contributed by atoms with van der Waals surface area (Å²) in [5, 5.41) is 12.3. The lowest BCUT2D eigenvalue weighted by Gasteiger charge is -2.30. The molecule has 2 fully saturated rings. The molecule has 2 unspecified atom stereocenters. The molecule has 0 spiro atoms. The quantitative estimate of drug-likeness (QED) is 0.876. The Hall–Kier alpha value is -1.35. The van der Waals surface area contributed by atoms with Crippen molar-refractivity contribution in [2.75, 3.05) is 0 Å². The highest BCUT2D eigenvalue weighted by atomic mass is 16.4. The predicted octanol–water partition coefficient (Wildman–Crippen LogP) is 3.22. The zero-order valence-corrected chi connectivity index (χ0v) is 11.1. The van der Waals surface area contributed by atoms with Crippen LogP contribution in [0, 0.1) is 0 Å². The van der Waals surface area contributed by atoms with Crippen LogP contribution in [0.25, 0.3) is 0 Å². The summed E-state index contributed by atoms with van der Waals surface area (Å²) in [4.78, 5) is 11.1. The summed E-state index contributed by atoms with van der Waals surface area (Å²) in [5.41, 5.74) is 2.68. The molecule has 1 heterocycles. The fraction of sp³-hybridized carbons (Fsp3) is 0.562. The van der Waals surface area contributed by atoms with Crippen LogP contribution in [0.1, 0.15) is 61.6 Å². The van der Waals surface area contributed by atoms with Gasteiger partial charge in [0.2, 0.25) is 0 Å². The van der Waals surface area contributed by atoms with Gasteiger partial charge in [0.15, 0.2) is 0 Å². The van der Waals surface area contributed by atoms with Gasteiger partial charge in [-0.3, -0.25) is 10.1 Å². The molecular weight excluding hydrogens is 238 g/mol. The van der Waals surface area contributed by atoms with Crippen LogP contribution in [0.3, 0.4) is 0 Å². The Morgan fingerprint density at radius 3 is 2.21 bits per heavy atom. The van der Waals surface area contributed by atoms with E-state index in [4.69, 9.17) is 5.11 Å². The van der Waals surface area contributed by atoms with Crippen molar-refractivity contribution in [2.24, 2.45) is 0 Å². The molecule has 1 saturated heterocycles. The van der Waals surface area contributed by atoms with Gasteiger partial charge in [0.25, 0.3) is 0 Å². The number of hydrogen-bond acceptors (Lipinski definition) is 2. The number of carbonyl (C=O) groups is 1. The minimum Gasteiger partial charge on any atom is -0.480 e. The Labute approximate surface area is 114 Å². The summed E-state index contributed by atoms with van der Waals surface area (Å²) in [7, 11) is 0. The summed E-state index contributed by atoms with van der Waals surface area (Å²) in [6, 6.07) is 8.62. The average molecular weight is 259 g/mol. The third kappa shape index (κ3) is 2.66. The van der Waals surface area contributed by atoms with Gasteiger partial charge in [0.05, 0.1) is 0 Å². The minimum absolute atomic E-state index is 0.199. The number of nitrogens with one attached hydrogen (secondary N) is 1. The van der Waals surface area contributed by atoms with E-state index in [-0.39, 0.29) is 12.1 Å². The van der Waals surface area contributed by atoms with Crippen LogP contribution in [0.5, 0.6) is 0 Å². The zero-order chi connectivity index (χ0) is 13.2. The van der Waals surface area contributed by atoms with Crippen molar-refractivity contribution in [1.82, 2.24) is 5.32 Å². The lowest BCUT2D eigenvalue weighted by atomic mass is 9.79. The van der Waals surface area contributed by atoms with Crippen molar-refractivity contribution in [3.8, 4) is 0 Å². The Morgan fingerprint density at radius 1 is 1.00 bits per heavy atom. The SMILES string of the molecule is O=C(O)C1CCCC(c2ccc(C3CCC3)cc2)N1. The van der Waals surface area contributed by atoms with E-state index < -0.39 is 5.97 Å². The average Bonchev–Trinajstić information content (AvgIpc) is 2.38. The highest BCUT2D eigenvalue weighted by molar-refractivity contribution is 5.73. The molecule has 1 aromatic carbocycles. The maximum absolute atomic E-state index is 11.1. The normalized spacial score (nSPS) is 27.8. The molecular formula is C16H21NO2. The first-order valence-corrected chi connectivity index (χ1v) is 7.33. The van der Waals surface area contributed by atoms with Gasteiger partial charge in [-0.15, -0.1) is 0 Å². The van der Waals surface area contributed by atoms with Crippen LogP contribution in [-0.4, -0.2) is 17.1 Å². The van der Waals surface area contributed by atoms with E-state index in [0.29, 0.717) is 0 Å². The van der Waals surface area contributed by atoms with Crippen LogP contribution >= 0.6 is 0 Å². The first-order chi connectivity index (χ1) is 9.24. The summed E-state index contributed by atoms with van der Waals surface area (Å²) in [5.74, 6) is 0.0379. The van der Waals surface area contributed by atoms with Crippen molar-refractivity contribution in [3.63, 3.8) is 0 Å². The van der Waals surface area contributed by atoms with Crippen molar-refractivity contribution < 1.29 is 9.90 Å². The van der Waals surface area contributed by atoms with Gasteiger partial charge in [-0.1, -0.05) is 30.7 Å². The van der Waals surface area contributed by atoms with Crippen LogP contribution < -0.4 is 5.32 Å². The Balaban J connectivity index is 1.69. The molecule has 19 heavy (non-hydrogen) atoms.